The highest BCUT2D eigenvalue weighted by atomic mass is 35.5. The third-order valence-corrected chi connectivity index (χ3v) is 8.80. The number of halogens is 3. The average Bonchev–Trinajstić information content (AvgIpc) is 3.31. The molecule has 5 rings (SSSR count). The van der Waals surface area contributed by atoms with Crippen LogP contribution in [0.5, 0.6) is 5.75 Å². The Morgan fingerprint density at radius 2 is 1.88 bits per heavy atom. The molecule has 3 aromatic rings. The van der Waals surface area contributed by atoms with Crippen LogP contribution in [-0.4, -0.2) is 42.9 Å². The van der Waals surface area contributed by atoms with Crippen LogP contribution in [0.4, 0.5) is 4.39 Å². The van der Waals surface area contributed by atoms with Crippen LogP contribution in [-0.2, 0) is 6.42 Å². The molecule has 1 saturated heterocycles. The van der Waals surface area contributed by atoms with Gasteiger partial charge in [0.1, 0.15) is 11.9 Å². The Morgan fingerprint density at radius 1 is 1.07 bits per heavy atom. The molecule has 3 aromatic carbocycles. The lowest BCUT2D eigenvalue weighted by molar-refractivity contribution is 0.198. The third-order valence-electron chi connectivity index (χ3n) is 7.61. The maximum Gasteiger partial charge on any atom is 0.119 e. The Kier molecular flexibility index (Phi) is 9.69. The number of hydrogen-bond donors (Lipinski definition) is 1. The molecule has 0 aromatic heterocycles. The Bertz CT molecular complexity index is 1420. The number of allylic oxidation sites excluding steroid dienone is 1. The van der Waals surface area contributed by atoms with Gasteiger partial charge < -0.3 is 10.1 Å². The molecular weight excluding hydrogens is 562 g/mol. The van der Waals surface area contributed by atoms with Crippen molar-refractivity contribution in [3.63, 3.8) is 0 Å². The molecule has 40 heavy (non-hydrogen) atoms. The fourth-order valence-corrected chi connectivity index (χ4v) is 6.63. The number of nitrogens with zero attached hydrogens (tertiary/aromatic N) is 1. The minimum absolute atomic E-state index is 0.122. The molecule has 0 amide bonds. The van der Waals surface area contributed by atoms with Crippen molar-refractivity contribution in [2.75, 3.05) is 26.3 Å². The summed E-state index contributed by atoms with van der Waals surface area (Å²) in [6.07, 6.45) is 4.46. The van der Waals surface area contributed by atoms with Gasteiger partial charge in [0.15, 0.2) is 0 Å². The number of fused-ring (bicyclic) bond motifs is 1. The topological polar surface area (TPSA) is 36.3 Å². The van der Waals surface area contributed by atoms with Crippen LogP contribution < -0.4 is 4.74 Å². The second-order valence-corrected chi connectivity index (χ2v) is 12.1. The van der Waals surface area contributed by atoms with E-state index in [2.05, 4.69) is 53.9 Å². The Hall–Kier alpha value is -2.57. The molecule has 0 bridgehead atoms. The number of hydrogen-bond acceptors (Lipinski definition) is 4. The van der Waals surface area contributed by atoms with Gasteiger partial charge in [-0.1, -0.05) is 77.9 Å². The minimum Gasteiger partial charge on any atom is -0.489 e. The van der Waals surface area contributed by atoms with Gasteiger partial charge in [0.2, 0.25) is 0 Å². The summed E-state index contributed by atoms with van der Waals surface area (Å²) >= 11 is 14.3. The Morgan fingerprint density at radius 3 is 2.62 bits per heavy atom. The molecule has 3 nitrogen and oxygen atoms in total. The van der Waals surface area contributed by atoms with E-state index in [4.69, 9.17) is 33.3 Å². The molecule has 1 heterocycles. The van der Waals surface area contributed by atoms with Gasteiger partial charge in [0.25, 0.3) is 0 Å². The first-order valence-electron chi connectivity index (χ1n) is 13.7. The van der Waals surface area contributed by atoms with Crippen LogP contribution in [0.2, 0.25) is 10.0 Å². The number of rotatable bonds is 10. The maximum absolute atomic E-state index is 12.6. The van der Waals surface area contributed by atoms with E-state index in [9.17, 15) is 4.39 Å². The molecule has 0 spiro atoms. The van der Waals surface area contributed by atoms with Crippen molar-refractivity contribution in [2.45, 2.75) is 38.2 Å². The maximum atomic E-state index is 12.6. The lowest BCUT2D eigenvalue weighted by atomic mass is 9.87. The van der Waals surface area contributed by atoms with Crippen LogP contribution in [0.15, 0.2) is 67.2 Å². The third kappa shape index (κ3) is 6.66. The summed E-state index contributed by atoms with van der Waals surface area (Å²) in [6, 6.07) is 20.6. The number of aryl methyl sites for hydroxylation is 1. The normalized spacial score (nSPS) is 17.4. The highest BCUT2D eigenvalue weighted by Crippen LogP contribution is 2.43. The van der Waals surface area contributed by atoms with Gasteiger partial charge in [-0.15, -0.1) is 0 Å². The molecule has 2 aliphatic rings. The zero-order valence-corrected chi connectivity index (χ0v) is 24.7. The highest BCUT2D eigenvalue weighted by Gasteiger charge is 2.25. The monoisotopic (exact) mass is 594 g/mol. The van der Waals surface area contributed by atoms with Crippen LogP contribution in [0.25, 0.3) is 16.1 Å². The smallest absolute Gasteiger partial charge is 0.119 e. The largest absolute Gasteiger partial charge is 0.489 e. The molecular formula is C33H33Cl2FN2OS. The van der Waals surface area contributed by atoms with Crippen LogP contribution >= 0.6 is 35.0 Å². The minimum atomic E-state index is -0.273. The lowest BCUT2D eigenvalue weighted by Gasteiger charge is -2.19. The summed E-state index contributed by atoms with van der Waals surface area (Å²) in [5.74, 6) is 0.844. The first kappa shape index (κ1) is 28.9. The van der Waals surface area contributed by atoms with Crippen molar-refractivity contribution in [1.29, 1.82) is 5.41 Å². The number of benzene rings is 3. The SMILES string of the molecule is C=C(SC=N)c1ccc2c(c1)CCCC(c1ccc(Cl)cc1Cl)=C2c1ccc(OC2CCN(CCCF)C2)cc1. The molecule has 1 fully saturated rings. The van der Waals surface area contributed by atoms with E-state index in [1.54, 1.807) is 0 Å². The van der Waals surface area contributed by atoms with Crippen LogP contribution in [0.3, 0.4) is 0 Å². The summed E-state index contributed by atoms with van der Waals surface area (Å²) in [4.78, 5) is 3.14. The zero-order chi connectivity index (χ0) is 28.1. The summed E-state index contributed by atoms with van der Waals surface area (Å²) in [7, 11) is 0. The quantitative estimate of drug-likeness (QED) is 0.187. The molecule has 1 aliphatic carbocycles. The first-order valence-corrected chi connectivity index (χ1v) is 15.3. The second-order valence-electron chi connectivity index (χ2n) is 10.3. The second kappa shape index (κ2) is 13.4. The molecule has 208 valence electrons. The molecule has 7 heteroatoms. The van der Waals surface area contributed by atoms with E-state index < -0.39 is 0 Å². The van der Waals surface area contributed by atoms with Crippen LogP contribution in [0, 0.1) is 5.41 Å². The average molecular weight is 596 g/mol. The number of thioether (sulfide) groups is 1. The van der Waals surface area contributed by atoms with E-state index in [1.165, 1.54) is 39.6 Å². The van der Waals surface area contributed by atoms with Crippen LogP contribution in [0.1, 0.15) is 53.5 Å². The molecule has 1 unspecified atom stereocenters. The van der Waals surface area contributed by atoms with Gasteiger partial charge in [-0.05, 0) is 95.3 Å². The van der Waals surface area contributed by atoms with E-state index in [0.717, 1.165) is 72.7 Å². The summed E-state index contributed by atoms with van der Waals surface area (Å²) in [5, 5.41) is 8.72. The van der Waals surface area contributed by atoms with E-state index in [1.807, 2.05) is 18.2 Å². The predicted octanol–water partition coefficient (Wildman–Crippen LogP) is 9.41. The van der Waals surface area contributed by atoms with Gasteiger partial charge in [-0.2, -0.15) is 0 Å². The van der Waals surface area contributed by atoms with Gasteiger partial charge in [-0.3, -0.25) is 9.29 Å². The fraction of sp³-hybridized carbons (Fsp3) is 0.303. The predicted molar refractivity (Wildman–Crippen MR) is 170 cm³/mol. The van der Waals surface area contributed by atoms with Crippen molar-refractivity contribution >= 4 is 56.6 Å². The summed E-state index contributed by atoms with van der Waals surface area (Å²) in [6.45, 7) is 6.45. The standard InChI is InChI=1S/C33H33Cl2FN2OS/c1-22(40-21-37)24-8-12-29-25(18-24)4-2-5-31(30-13-9-26(34)19-32(30)35)33(29)23-6-10-27(11-7-23)39-28-14-17-38(20-28)16-3-15-36/h6-13,18-19,21,28,37H,1-5,14-17,20H2. The summed E-state index contributed by atoms with van der Waals surface area (Å²) in [5.41, 5.74) is 9.28. The number of likely N-dealkylation sites (tertiary alicyclic amines) is 1. The van der Waals surface area contributed by atoms with Crippen molar-refractivity contribution in [1.82, 2.24) is 4.90 Å². The summed E-state index contributed by atoms with van der Waals surface area (Å²) < 4.78 is 18.9. The lowest BCUT2D eigenvalue weighted by Crippen LogP contribution is -2.26. The van der Waals surface area contributed by atoms with Gasteiger partial charge in [0, 0.05) is 34.6 Å². The van der Waals surface area contributed by atoms with Crippen molar-refractivity contribution in [2.24, 2.45) is 0 Å². The number of nitrogens with one attached hydrogen (secondary N) is 1. The molecule has 1 N–H and O–H groups in total. The molecule has 1 atom stereocenters. The number of ether oxygens (including phenoxy) is 1. The van der Waals surface area contributed by atoms with Crippen molar-refractivity contribution < 1.29 is 9.13 Å². The zero-order valence-electron chi connectivity index (χ0n) is 22.4. The highest BCUT2D eigenvalue weighted by molar-refractivity contribution is 8.19. The van der Waals surface area contributed by atoms with Crippen molar-refractivity contribution in [3.8, 4) is 5.75 Å². The van der Waals surface area contributed by atoms with Crippen molar-refractivity contribution in [3.05, 3.63) is 105 Å². The Balaban J connectivity index is 1.51. The molecule has 1 aliphatic heterocycles. The number of alkyl halides is 1. The fourth-order valence-electron chi connectivity index (χ4n) is 5.71. The molecule has 0 saturated carbocycles. The Labute approximate surface area is 250 Å². The van der Waals surface area contributed by atoms with Gasteiger partial charge >= 0.3 is 0 Å². The van der Waals surface area contributed by atoms with E-state index >= 15 is 0 Å². The first-order chi connectivity index (χ1) is 19.5. The van der Waals surface area contributed by atoms with E-state index in [-0.39, 0.29) is 12.8 Å². The van der Waals surface area contributed by atoms with Gasteiger partial charge in [-0.25, -0.2) is 0 Å². The van der Waals surface area contributed by atoms with E-state index in [0.29, 0.717) is 16.5 Å². The molecule has 0 radical (unpaired) electrons. The van der Waals surface area contributed by atoms with Gasteiger partial charge in [0.05, 0.1) is 12.2 Å².